The van der Waals surface area contributed by atoms with Crippen LogP contribution in [-0.4, -0.2) is 24.5 Å². The van der Waals surface area contributed by atoms with E-state index in [1.807, 2.05) is 18.2 Å². The first-order chi connectivity index (χ1) is 5.79. The number of methoxy groups -OCH3 is 2. The highest BCUT2D eigenvalue weighted by Gasteiger charge is 2.09. The van der Waals surface area contributed by atoms with E-state index in [4.69, 9.17) is 9.47 Å². The SMILES string of the molecule is COC(OC)c1ccccc1[SiH3]. The molecule has 0 N–H and O–H groups in total. The molecule has 0 aliphatic rings. The van der Waals surface area contributed by atoms with Crippen LogP contribution < -0.4 is 5.19 Å². The van der Waals surface area contributed by atoms with Crippen molar-refractivity contribution >= 4 is 15.4 Å². The van der Waals surface area contributed by atoms with E-state index in [-0.39, 0.29) is 6.29 Å². The Labute approximate surface area is 75.9 Å². The molecular formula is C9H14O2Si. The second kappa shape index (κ2) is 4.40. The number of benzene rings is 1. The number of rotatable bonds is 3. The first-order valence-electron chi connectivity index (χ1n) is 3.90. The van der Waals surface area contributed by atoms with Gasteiger partial charge in [0.05, 0.1) is 0 Å². The van der Waals surface area contributed by atoms with Crippen LogP contribution in [-0.2, 0) is 9.47 Å². The summed E-state index contributed by atoms with van der Waals surface area (Å²) in [4.78, 5) is 0. The van der Waals surface area contributed by atoms with Gasteiger partial charge in [0.2, 0.25) is 0 Å². The Morgan fingerprint density at radius 2 is 1.75 bits per heavy atom. The molecule has 0 saturated carbocycles. The van der Waals surface area contributed by atoms with Gasteiger partial charge in [-0.2, -0.15) is 0 Å². The molecule has 1 aromatic rings. The third-order valence-corrected chi connectivity index (χ3v) is 2.78. The van der Waals surface area contributed by atoms with Gasteiger partial charge in [-0.3, -0.25) is 0 Å². The second-order valence-corrected chi connectivity index (χ2v) is 3.74. The van der Waals surface area contributed by atoms with Crippen molar-refractivity contribution in [3.8, 4) is 0 Å². The van der Waals surface area contributed by atoms with Crippen molar-refractivity contribution in [1.29, 1.82) is 0 Å². The van der Waals surface area contributed by atoms with Crippen molar-refractivity contribution < 1.29 is 9.47 Å². The fourth-order valence-electron chi connectivity index (χ4n) is 1.20. The third kappa shape index (κ3) is 1.94. The lowest BCUT2D eigenvalue weighted by Crippen LogP contribution is -2.16. The van der Waals surface area contributed by atoms with Gasteiger partial charge in [0.1, 0.15) is 0 Å². The molecule has 0 radical (unpaired) electrons. The lowest BCUT2D eigenvalue weighted by Gasteiger charge is -2.15. The van der Waals surface area contributed by atoms with Crippen molar-refractivity contribution in [2.45, 2.75) is 6.29 Å². The van der Waals surface area contributed by atoms with Gasteiger partial charge in [0, 0.05) is 30.0 Å². The normalized spacial score (nSPS) is 10.9. The number of hydrogen-bond donors (Lipinski definition) is 0. The zero-order valence-electron chi connectivity index (χ0n) is 7.70. The van der Waals surface area contributed by atoms with Crippen LogP contribution in [0.1, 0.15) is 11.9 Å². The van der Waals surface area contributed by atoms with Crippen molar-refractivity contribution in [2.75, 3.05) is 14.2 Å². The molecule has 0 amide bonds. The van der Waals surface area contributed by atoms with Gasteiger partial charge in [-0.05, 0) is 0 Å². The minimum absolute atomic E-state index is 0.210. The molecule has 0 bridgehead atoms. The summed E-state index contributed by atoms with van der Waals surface area (Å²) in [6.07, 6.45) is -0.210. The van der Waals surface area contributed by atoms with Crippen LogP contribution >= 0.6 is 0 Å². The van der Waals surface area contributed by atoms with E-state index in [0.29, 0.717) is 0 Å². The van der Waals surface area contributed by atoms with E-state index in [2.05, 4.69) is 6.07 Å². The Kier molecular flexibility index (Phi) is 3.46. The van der Waals surface area contributed by atoms with E-state index in [1.54, 1.807) is 14.2 Å². The minimum atomic E-state index is -0.210. The maximum absolute atomic E-state index is 5.17. The summed E-state index contributed by atoms with van der Waals surface area (Å²) in [6, 6.07) is 8.18. The molecule has 3 heteroatoms. The van der Waals surface area contributed by atoms with Gasteiger partial charge >= 0.3 is 0 Å². The average Bonchev–Trinajstić information content (AvgIpc) is 2.10. The van der Waals surface area contributed by atoms with E-state index in [9.17, 15) is 0 Å². The van der Waals surface area contributed by atoms with E-state index in [0.717, 1.165) is 15.8 Å². The summed E-state index contributed by atoms with van der Waals surface area (Å²) in [6.45, 7) is 0. The number of hydrogen-bond acceptors (Lipinski definition) is 2. The maximum atomic E-state index is 5.17. The zero-order valence-corrected chi connectivity index (χ0v) is 9.70. The van der Waals surface area contributed by atoms with Gasteiger partial charge < -0.3 is 9.47 Å². The fourth-order valence-corrected chi connectivity index (χ4v) is 1.80. The summed E-state index contributed by atoms with van der Waals surface area (Å²) < 4.78 is 10.3. The van der Waals surface area contributed by atoms with E-state index < -0.39 is 0 Å². The summed E-state index contributed by atoms with van der Waals surface area (Å²) in [5.74, 6) is 0. The molecular weight excluding hydrogens is 168 g/mol. The third-order valence-electron chi connectivity index (χ3n) is 1.87. The molecule has 0 saturated heterocycles. The summed E-state index contributed by atoms with van der Waals surface area (Å²) >= 11 is 0. The monoisotopic (exact) mass is 182 g/mol. The number of ether oxygens (including phenoxy) is 2. The smallest absolute Gasteiger partial charge is 0.182 e. The van der Waals surface area contributed by atoms with E-state index >= 15 is 0 Å². The van der Waals surface area contributed by atoms with Crippen LogP contribution in [0.3, 0.4) is 0 Å². The highest BCUT2D eigenvalue weighted by atomic mass is 28.1. The fraction of sp³-hybridized carbons (Fsp3) is 0.333. The molecule has 0 unspecified atom stereocenters. The summed E-state index contributed by atoms with van der Waals surface area (Å²) in [5.41, 5.74) is 1.15. The van der Waals surface area contributed by atoms with Crippen LogP contribution in [0.25, 0.3) is 0 Å². The lowest BCUT2D eigenvalue weighted by molar-refractivity contribution is -0.105. The van der Waals surface area contributed by atoms with Gasteiger partial charge in [-0.25, -0.2) is 0 Å². The van der Waals surface area contributed by atoms with Crippen LogP contribution in [0.4, 0.5) is 0 Å². The van der Waals surface area contributed by atoms with Crippen LogP contribution in [0, 0.1) is 0 Å². The van der Waals surface area contributed by atoms with Gasteiger partial charge in [-0.15, -0.1) is 0 Å². The quantitative estimate of drug-likeness (QED) is 0.483. The molecule has 1 rings (SSSR count). The molecule has 0 aliphatic heterocycles. The second-order valence-electron chi connectivity index (χ2n) is 2.66. The van der Waals surface area contributed by atoms with Gasteiger partial charge in [0.25, 0.3) is 0 Å². The zero-order chi connectivity index (χ0) is 8.97. The topological polar surface area (TPSA) is 18.5 Å². The van der Waals surface area contributed by atoms with Gasteiger partial charge in [-0.1, -0.05) is 29.5 Å². The molecule has 0 fully saturated rings. The van der Waals surface area contributed by atoms with Crippen LogP contribution in [0.15, 0.2) is 24.3 Å². The van der Waals surface area contributed by atoms with Crippen molar-refractivity contribution in [1.82, 2.24) is 0 Å². The Balaban J connectivity index is 2.92. The standard InChI is InChI=1S/C9H14O2Si/c1-10-9(11-2)7-5-3-4-6-8(7)12/h3-6,9H,1-2,12H3. The lowest BCUT2D eigenvalue weighted by atomic mass is 10.2. The van der Waals surface area contributed by atoms with E-state index in [1.165, 1.54) is 5.19 Å². The predicted molar refractivity (Wildman–Crippen MR) is 52.8 cm³/mol. The minimum Gasteiger partial charge on any atom is -0.352 e. The summed E-state index contributed by atoms with van der Waals surface area (Å²) in [7, 11) is 4.33. The summed E-state index contributed by atoms with van der Waals surface area (Å²) in [5, 5.41) is 1.33. The Hall–Kier alpha value is -0.643. The van der Waals surface area contributed by atoms with Crippen LogP contribution in [0.5, 0.6) is 0 Å². The Bertz CT molecular complexity index is 246. The molecule has 0 aromatic heterocycles. The van der Waals surface area contributed by atoms with Crippen molar-refractivity contribution in [2.24, 2.45) is 0 Å². The Morgan fingerprint density at radius 3 is 2.25 bits per heavy atom. The molecule has 66 valence electrons. The molecule has 2 nitrogen and oxygen atoms in total. The molecule has 0 spiro atoms. The predicted octanol–water partition coefficient (Wildman–Crippen LogP) is -0.0313. The average molecular weight is 182 g/mol. The van der Waals surface area contributed by atoms with Crippen molar-refractivity contribution in [3.63, 3.8) is 0 Å². The highest BCUT2D eigenvalue weighted by Crippen LogP contribution is 2.13. The molecule has 1 aromatic carbocycles. The van der Waals surface area contributed by atoms with Crippen molar-refractivity contribution in [3.05, 3.63) is 29.8 Å². The largest absolute Gasteiger partial charge is 0.352 e. The first kappa shape index (κ1) is 9.44. The molecule has 0 heterocycles. The molecule has 0 aliphatic carbocycles. The van der Waals surface area contributed by atoms with Crippen LogP contribution in [0.2, 0.25) is 0 Å². The highest BCUT2D eigenvalue weighted by molar-refractivity contribution is 6.33. The van der Waals surface area contributed by atoms with Gasteiger partial charge in [0.15, 0.2) is 6.29 Å². The first-order valence-corrected chi connectivity index (χ1v) is 4.90. The Morgan fingerprint density at radius 1 is 1.17 bits per heavy atom. The molecule has 0 atom stereocenters. The molecule has 12 heavy (non-hydrogen) atoms. The maximum Gasteiger partial charge on any atom is 0.182 e.